The molecular formula is C24H20N4O3. The van der Waals surface area contributed by atoms with Crippen molar-refractivity contribution in [1.29, 1.82) is 0 Å². The second kappa shape index (κ2) is 8.31. The van der Waals surface area contributed by atoms with Crippen molar-refractivity contribution in [1.82, 2.24) is 15.0 Å². The minimum atomic E-state index is 0.233. The van der Waals surface area contributed by atoms with Gasteiger partial charge in [-0.3, -0.25) is 4.98 Å². The molecule has 0 aliphatic carbocycles. The number of methoxy groups -OCH3 is 1. The molecule has 3 heterocycles. The second-order valence-electron chi connectivity index (χ2n) is 6.93. The number of hydrogen-bond donors (Lipinski definition) is 1. The van der Waals surface area contributed by atoms with Gasteiger partial charge in [-0.25, -0.2) is 9.97 Å². The lowest BCUT2D eigenvalue weighted by molar-refractivity contribution is 0.174. The van der Waals surface area contributed by atoms with E-state index < -0.39 is 0 Å². The van der Waals surface area contributed by atoms with Crippen molar-refractivity contribution in [2.45, 2.75) is 6.54 Å². The van der Waals surface area contributed by atoms with Gasteiger partial charge in [-0.15, -0.1) is 0 Å². The van der Waals surface area contributed by atoms with Crippen LogP contribution in [0.1, 0.15) is 5.56 Å². The fourth-order valence-electron chi connectivity index (χ4n) is 3.49. The number of aromatic nitrogens is 3. The summed E-state index contributed by atoms with van der Waals surface area (Å²) in [5.41, 5.74) is 4.53. The largest absolute Gasteiger partial charge is 0.496 e. The topological polar surface area (TPSA) is 78.4 Å². The first-order valence-electron chi connectivity index (χ1n) is 9.85. The number of anilines is 1. The van der Waals surface area contributed by atoms with Gasteiger partial charge >= 0.3 is 0 Å². The summed E-state index contributed by atoms with van der Waals surface area (Å²) in [6, 6.07) is 17.6. The van der Waals surface area contributed by atoms with Gasteiger partial charge in [0, 0.05) is 41.8 Å². The van der Waals surface area contributed by atoms with E-state index in [1.54, 1.807) is 19.5 Å². The highest BCUT2D eigenvalue weighted by Gasteiger charge is 2.17. The number of nitrogens with one attached hydrogen (secondary N) is 1. The maximum absolute atomic E-state index is 5.54. The summed E-state index contributed by atoms with van der Waals surface area (Å²) in [5, 5.41) is 3.30. The number of rotatable bonds is 6. The zero-order valence-electron chi connectivity index (χ0n) is 16.9. The molecule has 0 bridgehead atoms. The Hall–Kier alpha value is -4.13. The molecule has 0 spiro atoms. The average molecular weight is 412 g/mol. The van der Waals surface area contributed by atoms with Gasteiger partial charge in [0.15, 0.2) is 11.5 Å². The molecule has 2 aromatic carbocycles. The van der Waals surface area contributed by atoms with E-state index in [0.29, 0.717) is 18.2 Å². The molecule has 2 aromatic heterocycles. The van der Waals surface area contributed by atoms with E-state index in [1.165, 1.54) is 0 Å². The maximum atomic E-state index is 5.54. The third-order valence-corrected chi connectivity index (χ3v) is 5.04. The van der Waals surface area contributed by atoms with Gasteiger partial charge in [-0.2, -0.15) is 0 Å². The van der Waals surface area contributed by atoms with Gasteiger partial charge in [0.1, 0.15) is 5.75 Å². The Morgan fingerprint density at radius 2 is 1.87 bits per heavy atom. The number of fused-ring (bicyclic) bond motifs is 1. The van der Waals surface area contributed by atoms with E-state index in [4.69, 9.17) is 19.2 Å². The minimum Gasteiger partial charge on any atom is -0.496 e. The highest BCUT2D eigenvalue weighted by Crippen LogP contribution is 2.38. The molecule has 0 atom stereocenters. The molecule has 4 aromatic rings. The van der Waals surface area contributed by atoms with E-state index in [-0.39, 0.29) is 6.79 Å². The van der Waals surface area contributed by atoms with Crippen LogP contribution >= 0.6 is 0 Å². The third kappa shape index (κ3) is 3.85. The van der Waals surface area contributed by atoms with Crippen molar-refractivity contribution in [2.75, 3.05) is 19.2 Å². The van der Waals surface area contributed by atoms with Gasteiger partial charge in [0.25, 0.3) is 0 Å². The van der Waals surface area contributed by atoms with Crippen LogP contribution in [0, 0.1) is 0 Å². The Labute approximate surface area is 179 Å². The zero-order chi connectivity index (χ0) is 21.0. The highest BCUT2D eigenvalue weighted by molar-refractivity contribution is 5.81. The number of hydrogen-bond acceptors (Lipinski definition) is 7. The van der Waals surface area contributed by atoms with E-state index in [1.807, 2.05) is 60.8 Å². The van der Waals surface area contributed by atoms with E-state index in [0.717, 1.165) is 39.4 Å². The number of ether oxygens (including phenoxy) is 3. The number of pyridine rings is 1. The van der Waals surface area contributed by atoms with Crippen LogP contribution in [0.2, 0.25) is 0 Å². The van der Waals surface area contributed by atoms with Crippen molar-refractivity contribution in [3.05, 3.63) is 78.8 Å². The van der Waals surface area contributed by atoms with Crippen LogP contribution in [0.3, 0.4) is 0 Å². The predicted molar refractivity (Wildman–Crippen MR) is 117 cm³/mol. The molecule has 0 radical (unpaired) electrons. The van der Waals surface area contributed by atoms with Crippen LogP contribution in [0.5, 0.6) is 17.2 Å². The molecule has 0 amide bonds. The quantitative estimate of drug-likeness (QED) is 0.497. The first-order chi connectivity index (χ1) is 15.3. The third-order valence-electron chi connectivity index (χ3n) is 5.04. The van der Waals surface area contributed by atoms with Gasteiger partial charge < -0.3 is 19.5 Å². The van der Waals surface area contributed by atoms with Crippen molar-refractivity contribution >= 4 is 5.95 Å². The predicted octanol–water partition coefficient (Wildman–Crippen LogP) is 4.56. The van der Waals surface area contributed by atoms with Crippen LogP contribution in [-0.2, 0) is 6.54 Å². The molecule has 1 aliphatic rings. The molecule has 1 N–H and O–H groups in total. The van der Waals surface area contributed by atoms with Crippen LogP contribution in [0.15, 0.2) is 73.2 Å². The van der Waals surface area contributed by atoms with E-state index >= 15 is 0 Å². The Kier molecular flexibility index (Phi) is 5.06. The van der Waals surface area contributed by atoms with Gasteiger partial charge in [0.05, 0.1) is 12.8 Å². The molecule has 31 heavy (non-hydrogen) atoms. The minimum absolute atomic E-state index is 0.233. The molecule has 7 nitrogen and oxygen atoms in total. The van der Waals surface area contributed by atoms with Crippen LogP contribution in [-0.4, -0.2) is 28.9 Å². The number of benzene rings is 2. The SMILES string of the molecule is COc1ccccc1CNc1ncc(-c2ccc3c(c2)OCO3)c(-c2cccnc2)n1. The summed E-state index contributed by atoms with van der Waals surface area (Å²) < 4.78 is 16.4. The monoisotopic (exact) mass is 412 g/mol. The molecule has 0 saturated heterocycles. The van der Waals surface area contributed by atoms with Crippen molar-refractivity contribution in [3.63, 3.8) is 0 Å². The molecular weight excluding hydrogens is 392 g/mol. The zero-order valence-corrected chi connectivity index (χ0v) is 16.9. The average Bonchev–Trinajstić information content (AvgIpc) is 3.31. The molecule has 0 saturated carbocycles. The van der Waals surface area contributed by atoms with E-state index in [2.05, 4.69) is 15.3 Å². The Morgan fingerprint density at radius 1 is 0.968 bits per heavy atom. The first-order valence-corrected chi connectivity index (χ1v) is 9.85. The van der Waals surface area contributed by atoms with Crippen LogP contribution < -0.4 is 19.5 Å². The summed E-state index contributed by atoms with van der Waals surface area (Å²) in [6.45, 7) is 0.774. The fourth-order valence-corrected chi connectivity index (χ4v) is 3.49. The Morgan fingerprint density at radius 3 is 2.74 bits per heavy atom. The Bertz CT molecular complexity index is 1210. The molecule has 5 rings (SSSR count). The van der Waals surface area contributed by atoms with Gasteiger partial charge in [-0.05, 0) is 35.9 Å². The van der Waals surface area contributed by atoms with Crippen LogP contribution in [0.25, 0.3) is 22.4 Å². The summed E-state index contributed by atoms with van der Waals surface area (Å²) >= 11 is 0. The lowest BCUT2D eigenvalue weighted by Crippen LogP contribution is -2.06. The van der Waals surface area contributed by atoms with Crippen molar-refractivity contribution in [2.24, 2.45) is 0 Å². The summed E-state index contributed by atoms with van der Waals surface area (Å²) in [7, 11) is 1.66. The standard InChI is InChI=1S/C24H20N4O3/c1-29-20-7-3-2-5-17(20)13-26-24-27-14-19(23(28-24)18-6-4-10-25-12-18)16-8-9-21-22(11-16)31-15-30-21/h2-12,14H,13,15H2,1H3,(H,26,27,28). The smallest absolute Gasteiger partial charge is 0.231 e. The van der Waals surface area contributed by atoms with Crippen LogP contribution in [0.4, 0.5) is 5.95 Å². The summed E-state index contributed by atoms with van der Waals surface area (Å²) in [5.74, 6) is 2.80. The van der Waals surface area contributed by atoms with Crippen molar-refractivity contribution < 1.29 is 14.2 Å². The van der Waals surface area contributed by atoms with Crippen molar-refractivity contribution in [3.8, 4) is 39.6 Å². The molecule has 7 heteroatoms. The molecule has 154 valence electrons. The molecule has 0 unspecified atom stereocenters. The normalized spacial score (nSPS) is 11.9. The summed E-state index contributed by atoms with van der Waals surface area (Å²) in [4.78, 5) is 13.6. The maximum Gasteiger partial charge on any atom is 0.231 e. The lowest BCUT2D eigenvalue weighted by Gasteiger charge is -2.13. The second-order valence-corrected chi connectivity index (χ2v) is 6.93. The van der Waals surface area contributed by atoms with Gasteiger partial charge in [-0.1, -0.05) is 24.3 Å². The summed E-state index contributed by atoms with van der Waals surface area (Å²) in [6.07, 6.45) is 5.35. The van der Waals surface area contributed by atoms with Gasteiger partial charge in [0.2, 0.25) is 12.7 Å². The number of para-hydroxylation sites is 1. The first kappa shape index (κ1) is 18.9. The lowest BCUT2D eigenvalue weighted by atomic mass is 10.0. The number of nitrogens with zero attached hydrogens (tertiary/aromatic N) is 3. The Balaban J connectivity index is 1.51. The fraction of sp³-hybridized carbons (Fsp3) is 0.125. The highest BCUT2D eigenvalue weighted by atomic mass is 16.7. The molecule has 0 fully saturated rings. The van der Waals surface area contributed by atoms with E-state index in [9.17, 15) is 0 Å². The molecule has 1 aliphatic heterocycles.